The number of carbonyl (C=O) groups is 1. The van der Waals surface area contributed by atoms with Gasteiger partial charge in [-0.1, -0.05) is 15.9 Å². The van der Waals surface area contributed by atoms with Gasteiger partial charge in [-0.05, 0) is 59.0 Å². The van der Waals surface area contributed by atoms with Gasteiger partial charge in [0.2, 0.25) is 0 Å². The lowest BCUT2D eigenvalue weighted by Crippen LogP contribution is -2.13. The molecule has 0 saturated carbocycles. The highest BCUT2D eigenvalue weighted by Crippen LogP contribution is 2.25. The highest BCUT2D eigenvalue weighted by Gasteiger charge is 2.10. The molecule has 6 heteroatoms. The average Bonchev–Trinajstić information content (AvgIpc) is 2.36. The average molecular weight is 433 g/mol. The Balaban J connectivity index is 2.23. The molecule has 98 valence electrons. The second kappa shape index (κ2) is 5.79. The SMILES string of the molecule is Nc1cc(Br)ccc1NC(=O)c1ccc(I)c(O)c1. The summed E-state index contributed by atoms with van der Waals surface area (Å²) in [6.45, 7) is 0. The smallest absolute Gasteiger partial charge is 0.255 e. The summed E-state index contributed by atoms with van der Waals surface area (Å²) < 4.78 is 1.53. The van der Waals surface area contributed by atoms with E-state index in [2.05, 4.69) is 21.2 Å². The largest absolute Gasteiger partial charge is 0.507 e. The molecule has 0 atom stereocenters. The van der Waals surface area contributed by atoms with E-state index >= 15 is 0 Å². The summed E-state index contributed by atoms with van der Waals surface area (Å²) >= 11 is 5.29. The number of phenols is 1. The number of hydrogen-bond acceptors (Lipinski definition) is 3. The van der Waals surface area contributed by atoms with Gasteiger partial charge in [-0.15, -0.1) is 0 Å². The third-order valence-corrected chi connectivity index (χ3v) is 3.88. The van der Waals surface area contributed by atoms with Gasteiger partial charge in [-0.25, -0.2) is 0 Å². The number of halogens is 2. The summed E-state index contributed by atoms with van der Waals surface area (Å²) in [6, 6.07) is 9.95. The van der Waals surface area contributed by atoms with E-state index in [9.17, 15) is 9.90 Å². The lowest BCUT2D eigenvalue weighted by Gasteiger charge is -2.09. The number of nitrogens with two attached hydrogens (primary N) is 1. The number of rotatable bonds is 2. The van der Waals surface area contributed by atoms with Crippen LogP contribution in [-0.2, 0) is 0 Å². The van der Waals surface area contributed by atoms with Crippen molar-refractivity contribution >= 4 is 55.8 Å². The van der Waals surface area contributed by atoms with E-state index in [0.717, 1.165) is 4.47 Å². The van der Waals surface area contributed by atoms with Crippen molar-refractivity contribution in [2.75, 3.05) is 11.1 Å². The monoisotopic (exact) mass is 432 g/mol. The van der Waals surface area contributed by atoms with Crippen molar-refractivity contribution in [2.24, 2.45) is 0 Å². The topological polar surface area (TPSA) is 75.3 Å². The first-order valence-electron chi connectivity index (χ1n) is 5.32. The number of carbonyl (C=O) groups excluding carboxylic acids is 1. The Morgan fingerprint density at radius 3 is 2.63 bits per heavy atom. The van der Waals surface area contributed by atoms with Crippen molar-refractivity contribution in [1.29, 1.82) is 0 Å². The molecule has 0 aromatic heterocycles. The summed E-state index contributed by atoms with van der Waals surface area (Å²) in [4.78, 5) is 12.0. The van der Waals surface area contributed by atoms with E-state index in [-0.39, 0.29) is 11.7 Å². The minimum absolute atomic E-state index is 0.0806. The van der Waals surface area contributed by atoms with Crippen molar-refractivity contribution in [3.05, 3.63) is 50.0 Å². The molecule has 2 rings (SSSR count). The van der Waals surface area contributed by atoms with Crippen molar-refractivity contribution < 1.29 is 9.90 Å². The third-order valence-electron chi connectivity index (χ3n) is 2.47. The number of amides is 1. The van der Waals surface area contributed by atoms with Crippen molar-refractivity contribution in [1.82, 2.24) is 0 Å². The Morgan fingerprint density at radius 1 is 1.26 bits per heavy atom. The van der Waals surface area contributed by atoms with E-state index in [1.807, 2.05) is 22.6 Å². The fraction of sp³-hybridized carbons (Fsp3) is 0. The van der Waals surface area contributed by atoms with Gasteiger partial charge in [0.15, 0.2) is 0 Å². The molecule has 0 heterocycles. The zero-order chi connectivity index (χ0) is 14.0. The standard InChI is InChI=1S/C13H10BrIN2O2/c14-8-2-4-11(10(16)6-8)17-13(19)7-1-3-9(15)12(18)5-7/h1-6,18H,16H2,(H,17,19). The van der Waals surface area contributed by atoms with Crippen LogP contribution in [-0.4, -0.2) is 11.0 Å². The van der Waals surface area contributed by atoms with Crippen LogP contribution in [0.1, 0.15) is 10.4 Å². The molecular formula is C13H10BrIN2O2. The summed E-state index contributed by atoms with van der Waals surface area (Å²) in [5, 5.41) is 12.3. The van der Waals surface area contributed by atoms with Gasteiger partial charge in [0, 0.05) is 10.0 Å². The molecule has 0 spiro atoms. The maximum Gasteiger partial charge on any atom is 0.255 e. The van der Waals surface area contributed by atoms with Crippen molar-refractivity contribution in [3.8, 4) is 5.75 Å². The van der Waals surface area contributed by atoms with Crippen LogP contribution in [0.15, 0.2) is 40.9 Å². The number of benzene rings is 2. The molecule has 0 aliphatic rings. The Labute approximate surface area is 132 Å². The minimum atomic E-state index is -0.319. The molecular weight excluding hydrogens is 423 g/mol. The van der Waals surface area contributed by atoms with E-state index in [4.69, 9.17) is 5.73 Å². The number of nitrogens with one attached hydrogen (secondary N) is 1. The van der Waals surface area contributed by atoms with Gasteiger partial charge in [-0.2, -0.15) is 0 Å². The number of nitrogen functional groups attached to an aromatic ring is 1. The number of phenolic OH excluding ortho intramolecular Hbond substituents is 1. The highest BCUT2D eigenvalue weighted by atomic mass is 127. The first kappa shape index (κ1) is 14.1. The molecule has 0 unspecified atom stereocenters. The first-order valence-corrected chi connectivity index (χ1v) is 7.19. The number of anilines is 2. The Kier molecular flexibility index (Phi) is 4.31. The lowest BCUT2D eigenvalue weighted by molar-refractivity contribution is 0.102. The molecule has 0 saturated heterocycles. The zero-order valence-corrected chi connectivity index (χ0v) is 13.4. The molecule has 2 aromatic carbocycles. The lowest BCUT2D eigenvalue weighted by atomic mass is 10.2. The highest BCUT2D eigenvalue weighted by molar-refractivity contribution is 14.1. The summed E-state index contributed by atoms with van der Waals surface area (Å²) in [5.74, 6) is -0.238. The molecule has 1 amide bonds. The Morgan fingerprint density at radius 2 is 2.00 bits per heavy atom. The molecule has 4 nitrogen and oxygen atoms in total. The van der Waals surface area contributed by atoms with E-state index in [1.165, 1.54) is 6.07 Å². The Hall–Kier alpha value is -1.28. The molecule has 0 aliphatic carbocycles. The van der Waals surface area contributed by atoms with Crippen LogP contribution in [0.5, 0.6) is 5.75 Å². The van der Waals surface area contributed by atoms with Crippen LogP contribution < -0.4 is 11.1 Å². The van der Waals surface area contributed by atoms with Gasteiger partial charge in [0.05, 0.1) is 14.9 Å². The van der Waals surface area contributed by atoms with Crippen molar-refractivity contribution in [3.63, 3.8) is 0 Å². The van der Waals surface area contributed by atoms with E-state index in [0.29, 0.717) is 20.5 Å². The summed E-state index contributed by atoms with van der Waals surface area (Å²) in [5.41, 5.74) is 7.19. The molecule has 0 aliphatic heterocycles. The summed E-state index contributed by atoms with van der Waals surface area (Å²) in [7, 11) is 0. The van der Waals surface area contributed by atoms with Crippen LogP contribution in [0.3, 0.4) is 0 Å². The van der Waals surface area contributed by atoms with Gasteiger partial charge < -0.3 is 16.2 Å². The summed E-state index contributed by atoms with van der Waals surface area (Å²) in [6.07, 6.45) is 0. The van der Waals surface area contributed by atoms with Crippen LogP contribution in [0, 0.1) is 3.57 Å². The Bertz CT molecular complexity index is 647. The van der Waals surface area contributed by atoms with Crippen LogP contribution in [0.2, 0.25) is 0 Å². The van der Waals surface area contributed by atoms with E-state index < -0.39 is 0 Å². The van der Waals surface area contributed by atoms with Crippen molar-refractivity contribution in [2.45, 2.75) is 0 Å². The molecule has 2 aromatic rings. The van der Waals surface area contributed by atoms with Crippen LogP contribution in [0.4, 0.5) is 11.4 Å². The van der Waals surface area contributed by atoms with Crippen LogP contribution in [0.25, 0.3) is 0 Å². The second-order valence-corrected chi connectivity index (χ2v) is 5.93. The molecule has 4 N–H and O–H groups in total. The number of hydrogen-bond donors (Lipinski definition) is 3. The molecule has 0 radical (unpaired) electrons. The first-order chi connectivity index (χ1) is 8.97. The fourth-order valence-electron chi connectivity index (χ4n) is 1.50. The number of aromatic hydroxyl groups is 1. The van der Waals surface area contributed by atoms with Gasteiger partial charge in [0.25, 0.3) is 5.91 Å². The fourth-order valence-corrected chi connectivity index (χ4v) is 2.21. The maximum absolute atomic E-state index is 12.0. The maximum atomic E-state index is 12.0. The molecule has 0 fully saturated rings. The molecule has 0 bridgehead atoms. The van der Waals surface area contributed by atoms with Gasteiger partial charge >= 0.3 is 0 Å². The van der Waals surface area contributed by atoms with Gasteiger partial charge in [0.1, 0.15) is 5.75 Å². The minimum Gasteiger partial charge on any atom is -0.507 e. The normalized spacial score (nSPS) is 10.2. The zero-order valence-electron chi connectivity index (χ0n) is 9.65. The predicted molar refractivity (Wildman–Crippen MR) is 87.3 cm³/mol. The van der Waals surface area contributed by atoms with E-state index in [1.54, 1.807) is 30.3 Å². The molecule has 19 heavy (non-hydrogen) atoms. The third kappa shape index (κ3) is 3.38. The quantitative estimate of drug-likeness (QED) is 0.501. The predicted octanol–water partition coefficient (Wildman–Crippen LogP) is 3.59. The second-order valence-electron chi connectivity index (χ2n) is 3.85. The van der Waals surface area contributed by atoms with Gasteiger partial charge in [-0.3, -0.25) is 4.79 Å². The van der Waals surface area contributed by atoms with Crippen LogP contribution >= 0.6 is 38.5 Å².